The first kappa shape index (κ1) is 15.9. The van der Waals surface area contributed by atoms with Gasteiger partial charge in [-0.2, -0.15) is 0 Å². The van der Waals surface area contributed by atoms with Crippen molar-refractivity contribution < 1.29 is 4.39 Å². The highest BCUT2D eigenvalue weighted by Crippen LogP contribution is 2.34. The summed E-state index contributed by atoms with van der Waals surface area (Å²) in [6, 6.07) is 15.1. The molecule has 3 aromatic rings. The molecule has 2 aromatic carbocycles. The minimum atomic E-state index is -0.200. The molecule has 1 heterocycles. The Morgan fingerprint density at radius 3 is 2.41 bits per heavy atom. The van der Waals surface area contributed by atoms with Crippen molar-refractivity contribution in [3.63, 3.8) is 0 Å². The van der Waals surface area contributed by atoms with Gasteiger partial charge in [0.15, 0.2) is 0 Å². The topological polar surface area (TPSA) is 0 Å². The summed E-state index contributed by atoms with van der Waals surface area (Å²) < 4.78 is 15.2. The second kappa shape index (κ2) is 6.65. The number of hydrogen-bond donors (Lipinski definition) is 0. The third kappa shape index (κ3) is 3.34. The lowest BCUT2D eigenvalue weighted by molar-refractivity contribution is 0.628. The van der Waals surface area contributed by atoms with Gasteiger partial charge in [0, 0.05) is 25.1 Å². The maximum Gasteiger partial charge on any atom is 0.123 e. The second-order valence-electron chi connectivity index (χ2n) is 5.11. The monoisotopic (exact) mass is 438 g/mol. The summed E-state index contributed by atoms with van der Waals surface area (Å²) in [5, 5.41) is 0. The predicted molar refractivity (Wildman–Crippen MR) is 99.1 cm³/mol. The minimum absolute atomic E-state index is 0.200. The van der Waals surface area contributed by atoms with Gasteiger partial charge in [0.2, 0.25) is 0 Å². The van der Waals surface area contributed by atoms with Gasteiger partial charge in [-0.3, -0.25) is 0 Å². The van der Waals surface area contributed by atoms with Crippen LogP contribution in [0.1, 0.15) is 16.0 Å². The van der Waals surface area contributed by atoms with Crippen LogP contribution in [0, 0.1) is 12.7 Å². The third-order valence-corrected chi connectivity index (χ3v) is 6.80. The van der Waals surface area contributed by atoms with E-state index in [0.29, 0.717) is 0 Å². The molecule has 0 amide bonds. The highest BCUT2D eigenvalue weighted by Gasteiger charge is 2.10. The van der Waals surface area contributed by atoms with Crippen LogP contribution in [0.25, 0.3) is 10.4 Å². The Morgan fingerprint density at radius 2 is 1.68 bits per heavy atom. The van der Waals surface area contributed by atoms with Crippen LogP contribution >= 0.6 is 43.2 Å². The van der Waals surface area contributed by atoms with Crippen molar-refractivity contribution in [1.29, 1.82) is 0 Å². The van der Waals surface area contributed by atoms with E-state index in [1.807, 2.05) is 12.1 Å². The van der Waals surface area contributed by atoms with Gasteiger partial charge < -0.3 is 0 Å². The fraction of sp³-hybridized carbons (Fsp3) is 0.111. The molecule has 0 aliphatic rings. The zero-order valence-corrected chi connectivity index (χ0v) is 15.9. The van der Waals surface area contributed by atoms with Crippen molar-refractivity contribution >= 4 is 43.2 Å². The van der Waals surface area contributed by atoms with Gasteiger partial charge in [0.1, 0.15) is 5.82 Å². The standard InChI is InChI=1S/C18H13Br2FS/c1-11-2-8-16(19)18(20)15(11)10-14-7-9-17(22-14)12-3-5-13(21)6-4-12/h2-9H,10H2,1H3. The average Bonchev–Trinajstić information content (AvgIpc) is 2.97. The smallest absolute Gasteiger partial charge is 0.123 e. The normalized spacial score (nSPS) is 10.9. The summed E-state index contributed by atoms with van der Waals surface area (Å²) in [5.74, 6) is -0.200. The molecule has 0 radical (unpaired) electrons. The molecule has 0 nitrogen and oxygen atoms in total. The average molecular weight is 440 g/mol. The van der Waals surface area contributed by atoms with E-state index in [4.69, 9.17) is 0 Å². The van der Waals surface area contributed by atoms with Crippen molar-refractivity contribution in [2.45, 2.75) is 13.3 Å². The molecule has 22 heavy (non-hydrogen) atoms. The van der Waals surface area contributed by atoms with Crippen LogP contribution in [0.4, 0.5) is 4.39 Å². The van der Waals surface area contributed by atoms with E-state index >= 15 is 0 Å². The van der Waals surface area contributed by atoms with E-state index in [0.717, 1.165) is 20.9 Å². The first-order valence-electron chi connectivity index (χ1n) is 6.83. The van der Waals surface area contributed by atoms with Crippen LogP contribution in [0.2, 0.25) is 0 Å². The number of thiophene rings is 1. The summed E-state index contributed by atoms with van der Waals surface area (Å²) >= 11 is 8.98. The maximum absolute atomic E-state index is 13.0. The number of halogens is 3. The Labute approximate surface area is 150 Å². The fourth-order valence-electron chi connectivity index (χ4n) is 2.32. The Balaban J connectivity index is 1.89. The molecule has 0 fully saturated rings. The van der Waals surface area contributed by atoms with Gasteiger partial charge in [-0.15, -0.1) is 11.3 Å². The molecule has 0 saturated heterocycles. The number of rotatable bonds is 3. The molecule has 4 heteroatoms. The van der Waals surface area contributed by atoms with E-state index in [9.17, 15) is 4.39 Å². The lowest BCUT2D eigenvalue weighted by atomic mass is 10.1. The minimum Gasteiger partial charge on any atom is -0.207 e. The van der Waals surface area contributed by atoms with E-state index in [2.05, 4.69) is 63.0 Å². The molecule has 0 aliphatic carbocycles. The van der Waals surface area contributed by atoms with Gasteiger partial charge in [-0.05, 0) is 85.8 Å². The molecule has 0 spiro atoms. The van der Waals surface area contributed by atoms with Gasteiger partial charge in [-0.1, -0.05) is 18.2 Å². The van der Waals surface area contributed by atoms with Crippen LogP contribution in [-0.4, -0.2) is 0 Å². The Morgan fingerprint density at radius 1 is 0.955 bits per heavy atom. The van der Waals surface area contributed by atoms with E-state index in [-0.39, 0.29) is 5.82 Å². The van der Waals surface area contributed by atoms with Crippen LogP contribution in [0.5, 0.6) is 0 Å². The highest BCUT2D eigenvalue weighted by atomic mass is 79.9. The van der Waals surface area contributed by atoms with Crippen LogP contribution < -0.4 is 0 Å². The molecular weight excluding hydrogens is 427 g/mol. The first-order valence-corrected chi connectivity index (χ1v) is 9.23. The third-order valence-electron chi connectivity index (χ3n) is 3.57. The molecule has 0 saturated carbocycles. The van der Waals surface area contributed by atoms with E-state index in [1.165, 1.54) is 33.0 Å². The quantitative estimate of drug-likeness (QED) is 0.413. The summed E-state index contributed by atoms with van der Waals surface area (Å²) in [5.41, 5.74) is 3.62. The van der Waals surface area contributed by atoms with Crippen LogP contribution in [0.15, 0.2) is 57.5 Å². The molecular formula is C18H13Br2FS. The summed E-state index contributed by atoms with van der Waals surface area (Å²) in [7, 11) is 0. The second-order valence-corrected chi connectivity index (χ2v) is 7.92. The van der Waals surface area contributed by atoms with E-state index in [1.54, 1.807) is 11.3 Å². The summed E-state index contributed by atoms with van der Waals surface area (Å²) in [6.45, 7) is 2.13. The van der Waals surface area contributed by atoms with Crippen molar-refractivity contribution in [2.75, 3.05) is 0 Å². The molecule has 0 bridgehead atoms. The van der Waals surface area contributed by atoms with Crippen molar-refractivity contribution in [1.82, 2.24) is 0 Å². The number of benzene rings is 2. The largest absolute Gasteiger partial charge is 0.207 e. The molecule has 112 valence electrons. The van der Waals surface area contributed by atoms with Gasteiger partial charge in [-0.25, -0.2) is 4.39 Å². The zero-order chi connectivity index (χ0) is 15.7. The number of aryl methyl sites for hydroxylation is 1. The highest BCUT2D eigenvalue weighted by molar-refractivity contribution is 9.13. The Bertz CT molecular complexity index is 806. The van der Waals surface area contributed by atoms with Gasteiger partial charge in [0.05, 0.1) is 0 Å². The summed E-state index contributed by atoms with van der Waals surface area (Å²) in [4.78, 5) is 2.46. The molecule has 0 N–H and O–H groups in total. The van der Waals surface area contributed by atoms with Gasteiger partial charge in [0.25, 0.3) is 0 Å². The van der Waals surface area contributed by atoms with Crippen molar-refractivity contribution in [2.24, 2.45) is 0 Å². The summed E-state index contributed by atoms with van der Waals surface area (Å²) in [6.07, 6.45) is 0.887. The lowest BCUT2D eigenvalue weighted by Gasteiger charge is -2.09. The molecule has 0 unspecified atom stereocenters. The molecule has 3 rings (SSSR count). The first-order chi connectivity index (χ1) is 10.5. The molecule has 0 atom stereocenters. The predicted octanol–water partition coefficient (Wildman–Crippen LogP) is 6.98. The van der Waals surface area contributed by atoms with E-state index < -0.39 is 0 Å². The maximum atomic E-state index is 13.0. The molecule has 1 aromatic heterocycles. The van der Waals surface area contributed by atoms with Crippen molar-refractivity contribution in [3.05, 3.63) is 79.3 Å². The van der Waals surface area contributed by atoms with Crippen LogP contribution in [-0.2, 0) is 6.42 Å². The molecule has 0 aliphatic heterocycles. The lowest BCUT2D eigenvalue weighted by Crippen LogP contribution is -1.92. The Hall–Kier alpha value is -0.970. The van der Waals surface area contributed by atoms with Crippen molar-refractivity contribution in [3.8, 4) is 10.4 Å². The number of hydrogen-bond acceptors (Lipinski definition) is 1. The SMILES string of the molecule is Cc1ccc(Br)c(Br)c1Cc1ccc(-c2ccc(F)cc2)s1. The zero-order valence-electron chi connectivity index (χ0n) is 11.9. The van der Waals surface area contributed by atoms with Gasteiger partial charge >= 0.3 is 0 Å². The Kier molecular flexibility index (Phi) is 4.81. The van der Waals surface area contributed by atoms with Crippen LogP contribution in [0.3, 0.4) is 0 Å². The fourth-order valence-corrected chi connectivity index (χ4v) is 4.30.